The van der Waals surface area contributed by atoms with Crippen LogP contribution in [-0.2, 0) is 6.54 Å². The molecule has 0 bridgehead atoms. The van der Waals surface area contributed by atoms with E-state index in [2.05, 4.69) is 35.8 Å². The predicted octanol–water partition coefficient (Wildman–Crippen LogP) is 1.99. The van der Waals surface area contributed by atoms with Crippen LogP contribution in [0.1, 0.15) is 47.3 Å². The highest BCUT2D eigenvalue weighted by Crippen LogP contribution is 2.28. The highest BCUT2D eigenvalue weighted by atomic mass is 16.1. The van der Waals surface area contributed by atoms with Crippen molar-refractivity contribution in [3.05, 3.63) is 34.9 Å². The highest BCUT2D eigenvalue weighted by Gasteiger charge is 2.23. The van der Waals surface area contributed by atoms with Crippen LogP contribution in [0.2, 0.25) is 0 Å². The van der Waals surface area contributed by atoms with E-state index in [1.807, 2.05) is 0 Å². The lowest BCUT2D eigenvalue weighted by atomic mass is 9.91. The van der Waals surface area contributed by atoms with Gasteiger partial charge < -0.3 is 10.6 Å². The molecule has 90 valence electrons. The molecule has 2 aliphatic rings. The molecule has 2 unspecified atom stereocenters. The number of carbonyl (C=O) groups excluding carboxylic acids is 1. The van der Waals surface area contributed by atoms with Gasteiger partial charge in [0.1, 0.15) is 0 Å². The molecular formula is C14H18N2O. The van der Waals surface area contributed by atoms with Gasteiger partial charge in [-0.2, -0.15) is 0 Å². The largest absolute Gasteiger partial charge is 0.348 e. The number of amides is 1. The van der Waals surface area contributed by atoms with Gasteiger partial charge in [-0.05, 0) is 42.5 Å². The van der Waals surface area contributed by atoms with Gasteiger partial charge in [-0.1, -0.05) is 19.1 Å². The van der Waals surface area contributed by atoms with E-state index >= 15 is 0 Å². The number of nitrogens with one attached hydrogen (secondary N) is 2. The highest BCUT2D eigenvalue weighted by molar-refractivity contribution is 5.98. The third-order valence-corrected chi connectivity index (χ3v) is 3.88. The summed E-state index contributed by atoms with van der Waals surface area (Å²) in [6, 6.07) is 6.73. The Hall–Kier alpha value is -1.35. The molecule has 2 atom stereocenters. The van der Waals surface area contributed by atoms with Crippen molar-refractivity contribution < 1.29 is 4.79 Å². The van der Waals surface area contributed by atoms with Crippen LogP contribution in [0, 0.1) is 5.92 Å². The minimum absolute atomic E-state index is 0.0750. The standard InChI is InChI=1S/C14H18N2O/c1-9-2-5-13(15-7-9)10-3-4-11-8-16-14(17)12(11)6-10/h3-4,6,9,13,15H,2,5,7-8H2,1H3,(H,16,17). The molecule has 0 radical (unpaired) electrons. The lowest BCUT2D eigenvalue weighted by Crippen LogP contribution is -2.31. The monoisotopic (exact) mass is 230 g/mol. The minimum atomic E-state index is 0.0750. The summed E-state index contributed by atoms with van der Waals surface area (Å²) in [4.78, 5) is 11.6. The van der Waals surface area contributed by atoms with E-state index in [0.717, 1.165) is 23.6 Å². The first-order valence-electron chi connectivity index (χ1n) is 6.38. The average molecular weight is 230 g/mol. The lowest BCUT2D eigenvalue weighted by molar-refractivity contribution is 0.0965. The van der Waals surface area contributed by atoms with Crippen LogP contribution in [-0.4, -0.2) is 12.5 Å². The Morgan fingerprint density at radius 3 is 2.94 bits per heavy atom. The fraction of sp³-hybridized carbons (Fsp3) is 0.500. The Morgan fingerprint density at radius 1 is 1.29 bits per heavy atom. The third-order valence-electron chi connectivity index (χ3n) is 3.88. The Morgan fingerprint density at radius 2 is 2.18 bits per heavy atom. The Kier molecular flexibility index (Phi) is 2.63. The van der Waals surface area contributed by atoms with Crippen LogP contribution < -0.4 is 10.6 Å². The second-order valence-electron chi connectivity index (χ2n) is 5.24. The van der Waals surface area contributed by atoms with Crippen LogP contribution in [0.15, 0.2) is 18.2 Å². The van der Waals surface area contributed by atoms with Crippen molar-refractivity contribution in [2.75, 3.05) is 6.54 Å². The van der Waals surface area contributed by atoms with Gasteiger partial charge >= 0.3 is 0 Å². The molecule has 0 aliphatic carbocycles. The van der Waals surface area contributed by atoms with Gasteiger partial charge in [0, 0.05) is 18.2 Å². The van der Waals surface area contributed by atoms with E-state index < -0.39 is 0 Å². The summed E-state index contributed by atoms with van der Waals surface area (Å²) < 4.78 is 0. The number of piperidine rings is 1. The molecule has 2 heterocycles. The topological polar surface area (TPSA) is 41.1 Å². The minimum Gasteiger partial charge on any atom is -0.348 e. The summed E-state index contributed by atoms with van der Waals surface area (Å²) in [6.07, 6.45) is 2.43. The van der Waals surface area contributed by atoms with E-state index in [4.69, 9.17) is 0 Å². The van der Waals surface area contributed by atoms with Crippen molar-refractivity contribution in [2.45, 2.75) is 32.4 Å². The summed E-state index contributed by atoms with van der Waals surface area (Å²) in [5, 5.41) is 6.42. The molecule has 1 saturated heterocycles. The van der Waals surface area contributed by atoms with Crippen molar-refractivity contribution in [1.82, 2.24) is 10.6 Å². The molecule has 1 amide bonds. The van der Waals surface area contributed by atoms with Crippen LogP contribution in [0.3, 0.4) is 0 Å². The zero-order chi connectivity index (χ0) is 11.8. The fourth-order valence-corrected chi connectivity index (χ4v) is 2.73. The van der Waals surface area contributed by atoms with Gasteiger partial charge in [0.2, 0.25) is 0 Å². The predicted molar refractivity (Wildman–Crippen MR) is 66.8 cm³/mol. The first kappa shape index (κ1) is 10.8. The van der Waals surface area contributed by atoms with Crippen LogP contribution in [0.25, 0.3) is 0 Å². The SMILES string of the molecule is CC1CCC(c2ccc3c(c2)C(=O)NC3)NC1. The molecule has 0 aromatic heterocycles. The Labute approximate surface area is 102 Å². The number of fused-ring (bicyclic) bond motifs is 1. The second kappa shape index (κ2) is 4.15. The number of carbonyl (C=O) groups is 1. The maximum Gasteiger partial charge on any atom is 0.251 e. The summed E-state index contributed by atoms with van der Waals surface area (Å²) >= 11 is 0. The van der Waals surface area contributed by atoms with Gasteiger partial charge in [0.05, 0.1) is 0 Å². The van der Waals surface area contributed by atoms with E-state index in [9.17, 15) is 4.79 Å². The molecule has 2 N–H and O–H groups in total. The normalized spacial score (nSPS) is 27.7. The van der Waals surface area contributed by atoms with Gasteiger partial charge in [0.25, 0.3) is 5.91 Å². The molecule has 0 saturated carbocycles. The molecule has 1 fully saturated rings. The first-order valence-corrected chi connectivity index (χ1v) is 6.38. The van der Waals surface area contributed by atoms with Crippen molar-refractivity contribution in [1.29, 1.82) is 0 Å². The van der Waals surface area contributed by atoms with Crippen LogP contribution in [0.5, 0.6) is 0 Å². The van der Waals surface area contributed by atoms with Crippen molar-refractivity contribution in [3.8, 4) is 0 Å². The first-order chi connectivity index (χ1) is 8.24. The van der Waals surface area contributed by atoms with Crippen LogP contribution in [0.4, 0.5) is 0 Å². The lowest BCUT2D eigenvalue weighted by Gasteiger charge is -2.28. The molecule has 3 heteroatoms. The number of hydrogen-bond acceptors (Lipinski definition) is 2. The smallest absolute Gasteiger partial charge is 0.251 e. The Bertz CT molecular complexity index is 448. The van der Waals surface area contributed by atoms with Crippen molar-refractivity contribution in [3.63, 3.8) is 0 Å². The van der Waals surface area contributed by atoms with Gasteiger partial charge in [-0.3, -0.25) is 4.79 Å². The number of hydrogen-bond donors (Lipinski definition) is 2. The molecule has 0 spiro atoms. The van der Waals surface area contributed by atoms with Gasteiger partial charge in [-0.25, -0.2) is 0 Å². The van der Waals surface area contributed by atoms with Gasteiger partial charge in [-0.15, -0.1) is 0 Å². The quantitative estimate of drug-likeness (QED) is 0.774. The average Bonchev–Trinajstić information content (AvgIpc) is 2.72. The molecule has 17 heavy (non-hydrogen) atoms. The van der Waals surface area contributed by atoms with E-state index in [1.54, 1.807) is 0 Å². The Balaban J connectivity index is 1.84. The number of rotatable bonds is 1. The van der Waals surface area contributed by atoms with Crippen molar-refractivity contribution >= 4 is 5.91 Å². The molecule has 1 aromatic carbocycles. The van der Waals surface area contributed by atoms with Gasteiger partial charge in [0.15, 0.2) is 0 Å². The van der Waals surface area contributed by atoms with Crippen LogP contribution >= 0.6 is 0 Å². The van der Waals surface area contributed by atoms with E-state index in [0.29, 0.717) is 12.6 Å². The molecule has 1 aromatic rings. The second-order valence-corrected chi connectivity index (χ2v) is 5.24. The molecule has 3 nitrogen and oxygen atoms in total. The van der Waals surface area contributed by atoms with Crippen molar-refractivity contribution in [2.24, 2.45) is 5.92 Å². The molecule has 2 aliphatic heterocycles. The summed E-state index contributed by atoms with van der Waals surface area (Å²) in [5.74, 6) is 0.843. The number of benzene rings is 1. The maximum atomic E-state index is 11.6. The van der Waals surface area contributed by atoms with E-state index in [-0.39, 0.29) is 5.91 Å². The summed E-state index contributed by atoms with van der Waals surface area (Å²) in [5.41, 5.74) is 3.25. The van der Waals surface area contributed by atoms with E-state index in [1.165, 1.54) is 18.4 Å². The molecular weight excluding hydrogens is 212 g/mol. The summed E-state index contributed by atoms with van der Waals surface area (Å²) in [7, 11) is 0. The molecule has 3 rings (SSSR count). The maximum absolute atomic E-state index is 11.6. The zero-order valence-corrected chi connectivity index (χ0v) is 10.1. The third kappa shape index (κ3) is 1.95. The fourth-order valence-electron chi connectivity index (χ4n) is 2.73. The zero-order valence-electron chi connectivity index (χ0n) is 10.1. The summed E-state index contributed by atoms with van der Waals surface area (Å²) in [6.45, 7) is 4.04.